The molecule has 0 spiro atoms. The first-order chi connectivity index (χ1) is 5.79. The van der Waals surface area contributed by atoms with Crippen molar-refractivity contribution in [3.8, 4) is 0 Å². The lowest BCUT2D eigenvalue weighted by Gasteiger charge is -2.22. The topological polar surface area (TPSA) is 52.6 Å². The maximum atomic E-state index is 10.4. The fraction of sp³-hybridized carbons (Fsp3) is 0.875. The largest absolute Gasteiger partial charge is 0.480 e. The Morgan fingerprint density at radius 1 is 1.33 bits per heavy atom. The number of aliphatic carboxylic acids is 1. The van der Waals surface area contributed by atoms with Gasteiger partial charge in [0.25, 0.3) is 0 Å². The van der Waals surface area contributed by atoms with E-state index in [-0.39, 0.29) is 6.54 Å². The summed E-state index contributed by atoms with van der Waals surface area (Å²) < 4.78 is 0. The zero-order chi connectivity index (χ0) is 8.81. The van der Waals surface area contributed by atoms with E-state index in [1.54, 1.807) is 0 Å². The van der Waals surface area contributed by atoms with Gasteiger partial charge in [0.05, 0.1) is 6.54 Å². The summed E-state index contributed by atoms with van der Waals surface area (Å²) in [5.41, 5.74) is 0. The van der Waals surface area contributed by atoms with Gasteiger partial charge in [-0.2, -0.15) is 0 Å². The second-order valence-electron chi connectivity index (χ2n) is 3.13. The van der Waals surface area contributed by atoms with Crippen LogP contribution in [0.4, 0.5) is 0 Å². The Labute approximate surface area is 72.6 Å². The fourth-order valence-corrected chi connectivity index (χ4v) is 1.44. The highest BCUT2D eigenvalue weighted by Gasteiger charge is 2.10. The molecule has 4 heteroatoms. The van der Waals surface area contributed by atoms with Gasteiger partial charge in [-0.05, 0) is 39.0 Å². The van der Waals surface area contributed by atoms with Gasteiger partial charge in [-0.1, -0.05) is 0 Å². The van der Waals surface area contributed by atoms with Gasteiger partial charge in [0.2, 0.25) is 0 Å². The lowest BCUT2D eigenvalue weighted by Crippen LogP contribution is -2.36. The molecule has 4 nitrogen and oxygen atoms in total. The maximum Gasteiger partial charge on any atom is 0.317 e. The van der Waals surface area contributed by atoms with E-state index in [2.05, 4.69) is 5.32 Å². The lowest BCUT2D eigenvalue weighted by molar-refractivity contribution is -0.138. The van der Waals surface area contributed by atoms with Crippen LogP contribution in [0.3, 0.4) is 0 Å². The predicted molar refractivity (Wildman–Crippen MR) is 46.2 cm³/mol. The molecule has 0 aliphatic carbocycles. The Balaban J connectivity index is 2.24. The minimum atomic E-state index is -0.719. The van der Waals surface area contributed by atoms with Crippen molar-refractivity contribution in [2.24, 2.45) is 0 Å². The Morgan fingerprint density at radius 2 is 1.92 bits per heavy atom. The van der Waals surface area contributed by atoms with E-state index in [9.17, 15) is 4.79 Å². The number of nitrogens with zero attached hydrogens (tertiary/aromatic N) is 1. The molecule has 0 radical (unpaired) electrons. The molecule has 2 N–H and O–H groups in total. The minimum absolute atomic E-state index is 0.194. The van der Waals surface area contributed by atoms with Crippen LogP contribution in [0, 0.1) is 0 Å². The van der Waals surface area contributed by atoms with Crippen LogP contribution in [0.2, 0.25) is 0 Å². The van der Waals surface area contributed by atoms with Crippen LogP contribution in [-0.4, -0.2) is 48.7 Å². The van der Waals surface area contributed by atoms with Gasteiger partial charge < -0.3 is 10.4 Å². The molecule has 0 unspecified atom stereocenters. The van der Waals surface area contributed by atoms with Crippen LogP contribution in [0.5, 0.6) is 0 Å². The van der Waals surface area contributed by atoms with E-state index < -0.39 is 5.97 Å². The third kappa shape index (κ3) is 3.69. The Hall–Kier alpha value is -0.610. The summed E-state index contributed by atoms with van der Waals surface area (Å²) in [6.07, 6.45) is 2.10. The number of hydrogen-bond acceptors (Lipinski definition) is 3. The van der Waals surface area contributed by atoms with Gasteiger partial charge in [0.1, 0.15) is 0 Å². The molecule has 0 atom stereocenters. The highest BCUT2D eigenvalue weighted by Crippen LogP contribution is 1.96. The normalized spacial score (nSPS) is 21.3. The first kappa shape index (κ1) is 9.48. The number of nitrogens with one attached hydrogen (secondary N) is 1. The summed E-state index contributed by atoms with van der Waals surface area (Å²) in [5, 5.41) is 11.9. The van der Waals surface area contributed by atoms with Gasteiger partial charge >= 0.3 is 5.97 Å². The summed E-state index contributed by atoms with van der Waals surface area (Å²) in [6.45, 7) is 4.02. The van der Waals surface area contributed by atoms with Crippen LogP contribution >= 0.6 is 0 Å². The molecule has 70 valence electrons. The van der Waals surface area contributed by atoms with E-state index in [4.69, 9.17) is 5.11 Å². The highest BCUT2D eigenvalue weighted by molar-refractivity contribution is 5.69. The average Bonchev–Trinajstić information content (AvgIpc) is 1.93. The van der Waals surface area contributed by atoms with Crippen LogP contribution in [0.25, 0.3) is 0 Å². The van der Waals surface area contributed by atoms with Gasteiger partial charge in [-0.15, -0.1) is 0 Å². The molecule has 0 aromatic heterocycles. The van der Waals surface area contributed by atoms with Crippen molar-refractivity contribution in [2.45, 2.75) is 12.8 Å². The standard InChI is InChI=1S/C8H16N2O2/c11-8(12)7-10-5-1-3-9-4-2-6-10/h9H,1-7H2,(H,11,12). The van der Waals surface area contributed by atoms with Crippen molar-refractivity contribution in [3.05, 3.63) is 0 Å². The van der Waals surface area contributed by atoms with Crippen molar-refractivity contribution in [1.82, 2.24) is 10.2 Å². The summed E-state index contributed by atoms with van der Waals surface area (Å²) in [7, 11) is 0. The zero-order valence-corrected chi connectivity index (χ0v) is 7.25. The molecule has 0 aromatic rings. The summed E-state index contributed by atoms with van der Waals surface area (Å²) in [6, 6.07) is 0. The number of rotatable bonds is 2. The van der Waals surface area contributed by atoms with Gasteiger partial charge in [-0.25, -0.2) is 0 Å². The van der Waals surface area contributed by atoms with E-state index in [0.717, 1.165) is 39.0 Å². The smallest absolute Gasteiger partial charge is 0.317 e. The number of carbonyl (C=O) groups is 1. The molecule has 1 fully saturated rings. The third-order valence-corrected chi connectivity index (χ3v) is 2.01. The predicted octanol–water partition coefficient (Wildman–Crippen LogP) is -0.244. The minimum Gasteiger partial charge on any atom is -0.480 e. The molecule has 0 bridgehead atoms. The van der Waals surface area contributed by atoms with E-state index in [1.165, 1.54) is 0 Å². The second kappa shape index (κ2) is 5.11. The third-order valence-electron chi connectivity index (χ3n) is 2.01. The Morgan fingerprint density at radius 3 is 2.42 bits per heavy atom. The van der Waals surface area contributed by atoms with Crippen LogP contribution < -0.4 is 5.32 Å². The monoisotopic (exact) mass is 172 g/mol. The Kier molecular flexibility index (Phi) is 4.04. The zero-order valence-electron chi connectivity index (χ0n) is 7.25. The van der Waals surface area contributed by atoms with Crippen molar-refractivity contribution >= 4 is 5.97 Å². The van der Waals surface area contributed by atoms with Crippen molar-refractivity contribution in [3.63, 3.8) is 0 Å². The first-order valence-electron chi connectivity index (χ1n) is 4.44. The van der Waals surface area contributed by atoms with Crippen LogP contribution in [0.1, 0.15) is 12.8 Å². The molecule has 1 aliphatic rings. The first-order valence-corrected chi connectivity index (χ1v) is 4.44. The number of carboxylic acid groups (broad SMARTS) is 1. The molecule has 12 heavy (non-hydrogen) atoms. The fourth-order valence-electron chi connectivity index (χ4n) is 1.44. The number of carboxylic acids is 1. The van der Waals surface area contributed by atoms with Crippen molar-refractivity contribution in [1.29, 1.82) is 0 Å². The molecule has 1 rings (SSSR count). The molecular weight excluding hydrogens is 156 g/mol. The van der Waals surface area contributed by atoms with Crippen LogP contribution in [-0.2, 0) is 4.79 Å². The van der Waals surface area contributed by atoms with Gasteiger partial charge in [-0.3, -0.25) is 9.69 Å². The summed E-state index contributed by atoms with van der Waals surface area (Å²) in [5.74, 6) is -0.719. The quantitative estimate of drug-likeness (QED) is 0.603. The molecular formula is C8H16N2O2. The summed E-state index contributed by atoms with van der Waals surface area (Å²) >= 11 is 0. The second-order valence-corrected chi connectivity index (χ2v) is 3.13. The number of hydrogen-bond donors (Lipinski definition) is 2. The molecule has 0 saturated carbocycles. The lowest BCUT2D eigenvalue weighted by atomic mass is 10.3. The Bertz CT molecular complexity index is 142. The molecule has 1 saturated heterocycles. The van der Waals surface area contributed by atoms with Gasteiger partial charge in [0, 0.05) is 0 Å². The van der Waals surface area contributed by atoms with E-state index in [1.807, 2.05) is 4.90 Å². The van der Waals surface area contributed by atoms with E-state index >= 15 is 0 Å². The SMILES string of the molecule is O=C(O)CN1CCCNCCC1. The molecule has 0 amide bonds. The van der Waals surface area contributed by atoms with Gasteiger partial charge in [0.15, 0.2) is 0 Å². The van der Waals surface area contributed by atoms with Crippen molar-refractivity contribution in [2.75, 3.05) is 32.7 Å². The molecule has 1 heterocycles. The maximum absolute atomic E-state index is 10.4. The van der Waals surface area contributed by atoms with E-state index in [0.29, 0.717) is 0 Å². The average molecular weight is 172 g/mol. The van der Waals surface area contributed by atoms with Crippen LogP contribution in [0.15, 0.2) is 0 Å². The summed E-state index contributed by atoms with van der Waals surface area (Å²) in [4.78, 5) is 12.4. The molecule has 1 aliphatic heterocycles. The van der Waals surface area contributed by atoms with Crippen molar-refractivity contribution < 1.29 is 9.90 Å². The molecule has 0 aromatic carbocycles. The highest BCUT2D eigenvalue weighted by atomic mass is 16.4.